The van der Waals surface area contributed by atoms with Gasteiger partial charge in [0.2, 0.25) is 0 Å². The molecular formula is C9H9F2NO3. The van der Waals surface area contributed by atoms with Crippen LogP contribution in [0.15, 0.2) is 23.1 Å². The molecule has 1 rings (SSSR count). The van der Waals surface area contributed by atoms with Gasteiger partial charge in [0.1, 0.15) is 5.56 Å². The van der Waals surface area contributed by atoms with Gasteiger partial charge in [-0.3, -0.25) is 4.79 Å². The third-order valence-corrected chi connectivity index (χ3v) is 1.76. The molecular weight excluding hydrogens is 208 g/mol. The van der Waals surface area contributed by atoms with Crippen LogP contribution in [0.3, 0.4) is 0 Å². The average Bonchev–Trinajstić information content (AvgIpc) is 2.19. The van der Waals surface area contributed by atoms with E-state index in [2.05, 4.69) is 4.74 Å². The van der Waals surface area contributed by atoms with Crippen molar-refractivity contribution < 1.29 is 18.3 Å². The van der Waals surface area contributed by atoms with Crippen molar-refractivity contribution in [1.29, 1.82) is 0 Å². The van der Waals surface area contributed by atoms with Crippen molar-refractivity contribution in [3.63, 3.8) is 0 Å². The van der Waals surface area contributed by atoms with Gasteiger partial charge in [-0.1, -0.05) is 0 Å². The molecule has 0 spiro atoms. The number of hydrogen-bond acceptors (Lipinski definition) is 3. The largest absolute Gasteiger partial charge is 0.465 e. The Balaban J connectivity index is 3.12. The number of aromatic nitrogens is 1. The highest BCUT2D eigenvalue weighted by atomic mass is 19.3. The first-order valence-corrected chi connectivity index (χ1v) is 4.12. The Hall–Kier alpha value is -1.72. The smallest absolute Gasteiger partial charge is 0.343 e. The Labute approximate surface area is 84.1 Å². The summed E-state index contributed by atoms with van der Waals surface area (Å²) in [5.41, 5.74) is -1.02. The van der Waals surface area contributed by atoms with Crippen LogP contribution in [0, 0.1) is 0 Å². The fraction of sp³-hybridized carbons (Fsp3) is 0.333. The van der Waals surface area contributed by atoms with Gasteiger partial charge in [-0.05, 0) is 12.1 Å². The Morgan fingerprint density at radius 2 is 2.27 bits per heavy atom. The number of hydrogen-bond donors (Lipinski definition) is 0. The monoisotopic (exact) mass is 217 g/mol. The SMILES string of the molecule is COC(=O)c1cccn(CC(F)F)c1=O. The third-order valence-electron chi connectivity index (χ3n) is 1.76. The van der Waals surface area contributed by atoms with Gasteiger partial charge < -0.3 is 9.30 Å². The molecule has 0 fully saturated rings. The molecule has 0 unspecified atom stereocenters. The van der Waals surface area contributed by atoms with Crippen LogP contribution in [-0.4, -0.2) is 24.1 Å². The van der Waals surface area contributed by atoms with Crippen LogP contribution in [0.2, 0.25) is 0 Å². The Kier molecular flexibility index (Phi) is 3.54. The minimum absolute atomic E-state index is 0.249. The fourth-order valence-corrected chi connectivity index (χ4v) is 1.09. The zero-order chi connectivity index (χ0) is 11.4. The number of ether oxygens (including phenoxy) is 1. The van der Waals surface area contributed by atoms with Crippen molar-refractivity contribution in [1.82, 2.24) is 4.57 Å². The summed E-state index contributed by atoms with van der Waals surface area (Å²) in [4.78, 5) is 22.5. The molecule has 0 aromatic carbocycles. The maximum absolute atomic E-state index is 12.0. The second-order valence-electron chi connectivity index (χ2n) is 2.76. The summed E-state index contributed by atoms with van der Waals surface area (Å²) in [7, 11) is 1.12. The molecule has 6 heteroatoms. The molecule has 0 amide bonds. The number of pyridine rings is 1. The normalized spacial score (nSPS) is 10.4. The molecule has 15 heavy (non-hydrogen) atoms. The fourth-order valence-electron chi connectivity index (χ4n) is 1.09. The number of rotatable bonds is 3. The van der Waals surface area contributed by atoms with Gasteiger partial charge in [0, 0.05) is 6.20 Å². The van der Waals surface area contributed by atoms with E-state index in [1.54, 1.807) is 0 Å². The number of carbonyl (C=O) groups is 1. The van der Waals surface area contributed by atoms with Crippen molar-refractivity contribution >= 4 is 5.97 Å². The highest BCUT2D eigenvalue weighted by Gasteiger charge is 2.13. The Bertz CT molecular complexity index is 414. The number of esters is 1. The highest BCUT2D eigenvalue weighted by Crippen LogP contribution is 1.98. The lowest BCUT2D eigenvalue weighted by Crippen LogP contribution is -2.28. The highest BCUT2D eigenvalue weighted by molar-refractivity contribution is 5.88. The molecule has 0 bridgehead atoms. The number of nitrogens with zero attached hydrogens (tertiary/aromatic N) is 1. The summed E-state index contributed by atoms with van der Waals surface area (Å²) in [6, 6.07) is 2.58. The van der Waals surface area contributed by atoms with E-state index in [1.165, 1.54) is 18.3 Å². The summed E-state index contributed by atoms with van der Waals surface area (Å²) in [6.07, 6.45) is -1.45. The second kappa shape index (κ2) is 4.68. The molecule has 0 aliphatic heterocycles. The molecule has 0 aliphatic carbocycles. The predicted molar refractivity (Wildman–Crippen MR) is 48.0 cm³/mol. The quantitative estimate of drug-likeness (QED) is 0.707. The molecule has 0 radical (unpaired) electrons. The lowest BCUT2D eigenvalue weighted by atomic mass is 10.3. The maximum Gasteiger partial charge on any atom is 0.343 e. The minimum atomic E-state index is -2.64. The molecule has 0 atom stereocenters. The van der Waals surface area contributed by atoms with Gasteiger partial charge in [-0.2, -0.15) is 0 Å². The van der Waals surface area contributed by atoms with Crippen molar-refractivity contribution in [3.05, 3.63) is 34.2 Å². The van der Waals surface area contributed by atoms with E-state index in [1.807, 2.05) is 0 Å². The van der Waals surface area contributed by atoms with Crippen molar-refractivity contribution in [2.45, 2.75) is 13.0 Å². The number of alkyl halides is 2. The van der Waals surface area contributed by atoms with E-state index in [0.29, 0.717) is 0 Å². The Morgan fingerprint density at radius 3 is 2.80 bits per heavy atom. The van der Waals surface area contributed by atoms with Gasteiger partial charge in [0.25, 0.3) is 12.0 Å². The van der Waals surface area contributed by atoms with Crippen molar-refractivity contribution in [2.75, 3.05) is 7.11 Å². The van der Waals surface area contributed by atoms with E-state index in [4.69, 9.17) is 0 Å². The zero-order valence-corrected chi connectivity index (χ0v) is 7.94. The number of carbonyl (C=O) groups excluding carboxylic acids is 1. The first-order valence-electron chi connectivity index (χ1n) is 4.12. The lowest BCUT2D eigenvalue weighted by Gasteiger charge is -2.05. The summed E-state index contributed by atoms with van der Waals surface area (Å²) in [5, 5.41) is 0. The molecule has 1 aromatic heterocycles. The average molecular weight is 217 g/mol. The molecule has 0 saturated carbocycles. The van der Waals surface area contributed by atoms with E-state index in [0.717, 1.165) is 11.7 Å². The minimum Gasteiger partial charge on any atom is -0.465 e. The maximum atomic E-state index is 12.0. The topological polar surface area (TPSA) is 48.3 Å². The number of methoxy groups -OCH3 is 1. The van der Waals surface area contributed by atoms with Crippen LogP contribution in [0.5, 0.6) is 0 Å². The second-order valence-corrected chi connectivity index (χ2v) is 2.76. The summed E-state index contributed by atoms with van der Waals surface area (Å²) in [5.74, 6) is -0.830. The summed E-state index contributed by atoms with van der Waals surface area (Å²) in [6.45, 7) is -0.732. The number of halogens is 2. The van der Waals surface area contributed by atoms with Gasteiger partial charge in [-0.25, -0.2) is 13.6 Å². The Morgan fingerprint density at radius 1 is 1.60 bits per heavy atom. The van der Waals surface area contributed by atoms with Crippen molar-refractivity contribution in [3.8, 4) is 0 Å². The van der Waals surface area contributed by atoms with E-state index in [-0.39, 0.29) is 5.56 Å². The molecule has 4 nitrogen and oxygen atoms in total. The van der Waals surface area contributed by atoms with Crippen LogP contribution < -0.4 is 5.56 Å². The van der Waals surface area contributed by atoms with Gasteiger partial charge >= 0.3 is 5.97 Å². The molecule has 1 aromatic rings. The van der Waals surface area contributed by atoms with E-state index < -0.39 is 24.5 Å². The van der Waals surface area contributed by atoms with Crippen LogP contribution >= 0.6 is 0 Å². The molecule has 0 aliphatic rings. The standard InChI is InChI=1S/C9H9F2NO3/c1-15-9(14)6-3-2-4-12(8(6)13)5-7(10)11/h2-4,7H,5H2,1H3. The summed E-state index contributed by atoms with van der Waals surface area (Å²) < 4.78 is 29.2. The van der Waals surface area contributed by atoms with Crippen LogP contribution in [0.4, 0.5) is 8.78 Å². The first kappa shape index (κ1) is 11.4. The van der Waals surface area contributed by atoms with Gasteiger partial charge in [0.05, 0.1) is 13.7 Å². The molecule has 1 heterocycles. The predicted octanol–water partition coefficient (Wildman–Crippen LogP) is 0.900. The zero-order valence-electron chi connectivity index (χ0n) is 7.94. The molecule has 82 valence electrons. The van der Waals surface area contributed by atoms with Gasteiger partial charge in [-0.15, -0.1) is 0 Å². The van der Waals surface area contributed by atoms with Crippen LogP contribution in [0.25, 0.3) is 0 Å². The molecule has 0 saturated heterocycles. The summed E-state index contributed by atoms with van der Waals surface area (Å²) >= 11 is 0. The van der Waals surface area contributed by atoms with Gasteiger partial charge in [0.15, 0.2) is 0 Å². The first-order chi connectivity index (χ1) is 7.06. The molecule has 0 N–H and O–H groups in total. The van der Waals surface area contributed by atoms with Crippen LogP contribution in [0.1, 0.15) is 10.4 Å². The van der Waals surface area contributed by atoms with Crippen LogP contribution in [-0.2, 0) is 11.3 Å². The van der Waals surface area contributed by atoms with E-state index >= 15 is 0 Å². The lowest BCUT2D eigenvalue weighted by molar-refractivity contribution is 0.0596. The van der Waals surface area contributed by atoms with Crippen molar-refractivity contribution in [2.24, 2.45) is 0 Å². The van der Waals surface area contributed by atoms with E-state index in [9.17, 15) is 18.4 Å². The third kappa shape index (κ3) is 2.61.